The first-order valence-corrected chi connectivity index (χ1v) is 8.91. The van der Waals surface area contributed by atoms with Crippen LogP contribution in [0.25, 0.3) is 22.8 Å². The third-order valence-corrected chi connectivity index (χ3v) is 5.12. The molecule has 25 heavy (non-hydrogen) atoms. The molecule has 3 aromatic rings. The quantitative estimate of drug-likeness (QED) is 0.513. The number of furan rings is 1. The lowest BCUT2D eigenvalue weighted by atomic mass is 9.85. The standard InChI is InChI=1S/C24H24O/c1-16-12-13-25-23(16)19-14-18-6-5-7-21(22(18)15-19)17-8-10-20(11-9-17)24(2,3)4/h5-14H,15H2,1-4H3. The SMILES string of the molecule is Cc1ccoc1C1=Cc2cccc(-c3ccc(C(C)(C)C)cc3)c2C1. The third-order valence-electron chi connectivity index (χ3n) is 5.12. The highest BCUT2D eigenvalue weighted by Crippen LogP contribution is 2.39. The summed E-state index contributed by atoms with van der Waals surface area (Å²) in [6.45, 7) is 8.87. The van der Waals surface area contributed by atoms with Crippen LogP contribution in [0.4, 0.5) is 0 Å². The van der Waals surface area contributed by atoms with Crippen molar-refractivity contribution in [1.82, 2.24) is 0 Å². The van der Waals surface area contributed by atoms with Gasteiger partial charge in [0, 0.05) is 12.0 Å². The minimum Gasteiger partial charge on any atom is -0.464 e. The first-order valence-electron chi connectivity index (χ1n) is 8.91. The summed E-state index contributed by atoms with van der Waals surface area (Å²) in [6, 6.07) is 17.7. The average Bonchev–Trinajstić information content (AvgIpc) is 3.19. The summed E-state index contributed by atoms with van der Waals surface area (Å²) < 4.78 is 5.71. The molecule has 0 atom stereocenters. The number of aryl methyl sites for hydroxylation is 1. The van der Waals surface area contributed by atoms with Gasteiger partial charge in [0.05, 0.1) is 6.26 Å². The van der Waals surface area contributed by atoms with E-state index < -0.39 is 0 Å². The summed E-state index contributed by atoms with van der Waals surface area (Å²) in [5, 5.41) is 0. The molecule has 0 N–H and O–H groups in total. The van der Waals surface area contributed by atoms with Crippen molar-refractivity contribution in [2.75, 3.05) is 0 Å². The lowest BCUT2D eigenvalue weighted by molar-refractivity contribution is 0.550. The molecular formula is C24H24O. The molecule has 1 nitrogen and oxygen atoms in total. The van der Waals surface area contributed by atoms with Gasteiger partial charge >= 0.3 is 0 Å². The van der Waals surface area contributed by atoms with Crippen molar-refractivity contribution in [2.24, 2.45) is 0 Å². The fraction of sp³-hybridized carbons (Fsp3) is 0.250. The van der Waals surface area contributed by atoms with Gasteiger partial charge in [0.2, 0.25) is 0 Å². The van der Waals surface area contributed by atoms with E-state index in [0.29, 0.717) is 0 Å². The Hall–Kier alpha value is -2.54. The summed E-state index contributed by atoms with van der Waals surface area (Å²) in [7, 11) is 0. The van der Waals surface area contributed by atoms with Crippen molar-refractivity contribution in [2.45, 2.75) is 39.5 Å². The predicted octanol–water partition coefficient (Wildman–Crippen LogP) is 6.65. The molecule has 1 aromatic heterocycles. The van der Waals surface area contributed by atoms with Crippen molar-refractivity contribution in [3.8, 4) is 11.1 Å². The van der Waals surface area contributed by atoms with E-state index in [9.17, 15) is 0 Å². The third kappa shape index (κ3) is 2.84. The second kappa shape index (κ2) is 5.77. The highest BCUT2D eigenvalue weighted by molar-refractivity contribution is 5.91. The van der Waals surface area contributed by atoms with Crippen molar-refractivity contribution >= 4 is 11.6 Å². The number of benzene rings is 2. The molecule has 0 amide bonds. The number of allylic oxidation sites excluding steroid dienone is 1. The maximum atomic E-state index is 5.71. The summed E-state index contributed by atoms with van der Waals surface area (Å²) in [5.74, 6) is 1.02. The number of fused-ring (bicyclic) bond motifs is 1. The largest absolute Gasteiger partial charge is 0.464 e. The molecule has 1 aliphatic rings. The molecule has 0 unspecified atom stereocenters. The van der Waals surface area contributed by atoms with E-state index in [0.717, 1.165) is 12.2 Å². The molecule has 0 saturated carbocycles. The minimum absolute atomic E-state index is 0.183. The zero-order valence-corrected chi connectivity index (χ0v) is 15.4. The maximum absolute atomic E-state index is 5.71. The van der Waals surface area contributed by atoms with Crippen molar-refractivity contribution < 1.29 is 4.42 Å². The number of hydrogen-bond acceptors (Lipinski definition) is 1. The highest BCUT2D eigenvalue weighted by atomic mass is 16.3. The molecule has 1 heterocycles. The predicted molar refractivity (Wildman–Crippen MR) is 106 cm³/mol. The molecule has 126 valence electrons. The molecule has 0 spiro atoms. The van der Waals surface area contributed by atoms with Crippen LogP contribution in [0, 0.1) is 6.92 Å². The molecule has 0 fully saturated rings. The fourth-order valence-corrected chi connectivity index (χ4v) is 3.63. The van der Waals surface area contributed by atoms with E-state index in [-0.39, 0.29) is 5.41 Å². The van der Waals surface area contributed by atoms with E-state index in [4.69, 9.17) is 4.42 Å². The van der Waals surface area contributed by atoms with Crippen LogP contribution in [-0.4, -0.2) is 0 Å². The summed E-state index contributed by atoms with van der Waals surface area (Å²) >= 11 is 0. The van der Waals surface area contributed by atoms with Crippen LogP contribution < -0.4 is 0 Å². The molecule has 1 heteroatoms. The first-order chi connectivity index (χ1) is 11.9. The molecule has 0 saturated heterocycles. The van der Waals surface area contributed by atoms with Gasteiger partial charge in [-0.2, -0.15) is 0 Å². The van der Waals surface area contributed by atoms with Gasteiger partial charge in [0.1, 0.15) is 5.76 Å². The topological polar surface area (TPSA) is 13.1 Å². The van der Waals surface area contributed by atoms with Gasteiger partial charge in [-0.3, -0.25) is 0 Å². The van der Waals surface area contributed by atoms with Crippen molar-refractivity contribution in [1.29, 1.82) is 0 Å². The Morgan fingerprint density at radius 3 is 2.32 bits per heavy atom. The van der Waals surface area contributed by atoms with E-state index in [1.54, 1.807) is 6.26 Å². The molecule has 0 radical (unpaired) electrons. The van der Waals surface area contributed by atoms with E-state index in [1.807, 2.05) is 6.07 Å². The zero-order chi connectivity index (χ0) is 17.6. The first kappa shape index (κ1) is 16.0. The summed E-state index contributed by atoms with van der Waals surface area (Å²) in [5.41, 5.74) is 9.35. The van der Waals surface area contributed by atoms with Gasteiger partial charge in [-0.25, -0.2) is 0 Å². The van der Waals surface area contributed by atoms with Crippen LogP contribution in [0.2, 0.25) is 0 Å². The lowest BCUT2D eigenvalue weighted by Gasteiger charge is -2.19. The van der Waals surface area contributed by atoms with Crippen LogP contribution in [0.3, 0.4) is 0 Å². The Kier molecular flexibility index (Phi) is 3.68. The normalized spacial score (nSPS) is 13.7. The van der Waals surface area contributed by atoms with Gasteiger partial charge < -0.3 is 4.42 Å². The van der Waals surface area contributed by atoms with Crippen LogP contribution in [0.15, 0.2) is 59.2 Å². The fourth-order valence-electron chi connectivity index (χ4n) is 3.63. The van der Waals surface area contributed by atoms with Crippen molar-refractivity contribution in [3.05, 3.63) is 82.8 Å². The van der Waals surface area contributed by atoms with Crippen LogP contribution >= 0.6 is 0 Å². The zero-order valence-electron chi connectivity index (χ0n) is 15.4. The van der Waals surface area contributed by atoms with E-state index in [2.05, 4.69) is 76.2 Å². The van der Waals surface area contributed by atoms with E-state index in [1.165, 1.54) is 39.0 Å². The Bertz CT molecular complexity index is 947. The van der Waals surface area contributed by atoms with Crippen LogP contribution in [0.5, 0.6) is 0 Å². The summed E-state index contributed by atoms with van der Waals surface area (Å²) in [6.07, 6.45) is 4.98. The molecule has 2 aromatic carbocycles. The maximum Gasteiger partial charge on any atom is 0.133 e. The van der Waals surface area contributed by atoms with Gasteiger partial charge in [0.15, 0.2) is 0 Å². The monoisotopic (exact) mass is 328 g/mol. The number of rotatable bonds is 2. The van der Waals surface area contributed by atoms with Crippen molar-refractivity contribution in [3.63, 3.8) is 0 Å². The van der Waals surface area contributed by atoms with Gasteiger partial charge in [-0.05, 0) is 57.9 Å². The van der Waals surface area contributed by atoms with Gasteiger partial charge in [0.25, 0.3) is 0 Å². The average molecular weight is 328 g/mol. The molecule has 1 aliphatic carbocycles. The van der Waals surface area contributed by atoms with Gasteiger partial charge in [-0.1, -0.05) is 63.2 Å². The molecule has 0 aliphatic heterocycles. The Labute approximate surface area is 150 Å². The van der Waals surface area contributed by atoms with Crippen LogP contribution in [0.1, 0.15) is 48.8 Å². The number of hydrogen-bond donors (Lipinski definition) is 0. The Morgan fingerprint density at radius 2 is 1.68 bits per heavy atom. The highest BCUT2D eigenvalue weighted by Gasteiger charge is 2.21. The van der Waals surface area contributed by atoms with Crippen LogP contribution in [-0.2, 0) is 11.8 Å². The lowest BCUT2D eigenvalue weighted by Crippen LogP contribution is -2.10. The molecular weight excluding hydrogens is 304 g/mol. The second-order valence-corrected chi connectivity index (χ2v) is 7.98. The minimum atomic E-state index is 0.183. The van der Waals surface area contributed by atoms with E-state index >= 15 is 0 Å². The molecule has 0 bridgehead atoms. The van der Waals surface area contributed by atoms with Gasteiger partial charge in [-0.15, -0.1) is 0 Å². The Morgan fingerprint density at radius 1 is 0.920 bits per heavy atom. The smallest absolute Gasteiger partial charge is 0.133 e. The Balaban J connectivity index is 1.71. The summed E-state index contributed by atoms with van der Waals surface area (Å²) in [4.78, 5) is 0. The second-order valence-electron chi connectivity index (χ2n) is 7.98. The molecule has 4 rings (SSSR count).